The molecule has 22 heavy (non-hydrogen) atoms. The van der Waals surface area contributed by atoms with E-state index in [1.54, 1.807) is 24.3 Å². The number of primary amides is 1. The SMILES string of the molecule is NC(=O)C1=C/N=CN=CCO\C=C/C=C\C=C/O\C=C/C=N\1. The molecular weight excluding hydrogens is 284 g/mol. The lowest BCUT2D eigenvalue weighted by Crippen LogP contribution is -2.12. The Balaban J connectivity index is 2.79. The molecule has 7 nitrogen and oxygen atoms in total. The van der Waals surface area contributed by atoms with Crippen LogP contribution >= 0.6 is 0 Å². The van der Waals surface area contributed by atoms with E-state index in [2.05, 4.69) is 15.0 Å². The molecule has 0 unspecified atom stereocenters. The summed E-state index contributed by atoms with van der Waals surface area (Å²) in [5, 5.41) is 0. The predicted molar refractivity (Wildman–Crippen MR) is 86.4 cm³/mol. The first-order valence-corrected chi connectivity index (χ1v) is 6.28. The standard InChI is InChI=1S/C15H16N4O3/c16-15(20)14-12-18-13-17-7-11-22-9-4-2-1-3-8-21-10-5-6-19-14/h1-10,12-13H,11H2,(H2,16,20)/b2-1-,8-3-,9-4-,10-5-,14-12-,17-7?,18-13?,19-6-. The normalized spacial score (nSPS) is 25.7. The van der Waals surface area contributed by atoms with Crippen LogP contribution in [0, 0.1) is 0 Å². The van der Waals surface area contributed by atoms with Gasteiger partial charge in [0.15, 0.2) is 0 Å². The van der Waals surface area contributed by atoms with Gasteiger partial charge in [-0.3, -0.25) is 4.79 Å². The molecule has 0 saturated carbocycles. The van der Waals surface area contributed by atoms with Gasteiger partial charge in [0.05, 0.1) is 25.0 Å². The number of carbonyl (C=O) groups is 1. The van der Waals surface area contributed by atoms with Crippen molar-refractivity contribution >= 4 is 24.7 Å². The molecule has 7 heteroatoms. The van der Waals surface area contributed by atoms with Crippen LogP contribution in [-0.4, -0.2) is 31.3 Å². The van der Waals surface area contributed by atoms with Gasteiger partial charge >= 0.3 is 0 Å². The molecular formula is C15H16N4O3. The molecule has 0 aromatic rings. The van der Waals surface area contributed by atoms with Crippen LogP contribution in [0.1, 0.15) is 0 Å². The monoisotopic (exact) mass is 300 g/mol. The van der Waals surface area contributed by atoms with Crippen molar-refractivity contribution in [2.24, 2.45) is 20.7 Å². The lowest BCUT2D eigenvalue weighted by molar-refractivity contribution is -0.114. The summed E-state index contributed by atoms with van der Waals surface area (Å²) in [5.74, 6) is -0.698. The van der Waals surface area contributed by atoms with Crippen LogP contribution in [0.25, 0.3) is 0 Å². The number of amides is 1. The van der Waals surface area contributed by atoms with Crippen LogP contribution in [0.5, 0.6) is 0 Å². The Morgan fingerprint density at radius 3 is 2.64 bits per heavy atom. The summed E-state index contributed by atoms with van der Waals surface area (Å²) < 4.78 is 10.2. The topological polar surface area (TPSA) is 98.6 Å². The van der Waals surface area contributed by atoms with Gasteiger partial charge in [-0.2, -0.15) is 0 Å². The van der Waals surface area contributed by atoms with Crippen molar-refractivity contribution in [2.75, 3.05) is 6.61 Å². The molecule has 0 fully saturated rings. The van der Waals surface area contributed by atoms with Crippen LogP contribution in [0.4, 0.5) is 0 Å². The highest BCUT2D eigenvalue weighted by Gasteiger charge is 1.99. The highest BCUT2D eigenvalue weighted by molar-refractivity contribution is 5.94. The summed E-state index contributed by atoms with van der Waals surface area (Å²) in [5.41, 5.74) is 5.16. The zero-order valence-corrected chi connectivity index (χ0v) is 11.8. The molecule has 114 valence electrons. The number of hydrogen-bond donors (Lipinski definition) is 1. The van der Waals surface area contributed by atoms with E-state index >= 15 is 0 Å². The van der Waals surface area contributed by atoms with Gasteiger partial charge in [-0.25, -0.2) is 15.0 Å². The second-order valence-electron chi connectivity index (χ2n) is 3.59. The third kappa shape index (κ3) is 8.81. The maximum absolute atomic E-state index is 11.1. The van der Waals surface area contributed by atoms with Crippen molar-refractivity contribution in [3.63, 3.8) is 0 Å². The first-order valence-electron chi connectivity index (χ1n) is 6.28. The zero-order chi connectivity index (χ0) is 15.9. The maximum Gasteiger partial charge on any atom is 0.268 e. The summed E-state index contributed by atoms with van der Waals surface area (Å²) in [6.45, 7) is 0.295. The van der Waals surface area contributed by atoms with E-state index in [0.29, 0.717) is 6.61 Å². The lowest BCUT2D eigenvalue weighted by Gasteiger charge is -1.91. The first kappa shape index (κ1) is 16.8. The van der Waals surface area contributed by atoms with Gasteiger partial charge in [0, 0.05) is 12.4 Å². The zero-order valence-electron chi connectivity index (χ0n) is 11.8. The Kier molecular flexibility index (Phi) is 8.87. The average Bonchev–Trinajstić information content (AvgIpc) is 2.50. The molecule has 0 aromatic heterocycles. The highest BCUT2D eigenvalue weighted by Crippen LogP contribution is 1.95. The van der Waals surface area contributed by atoms with Gasteiger partial charge in [-0.15, -0.1) is 0 Å². The molecule has 0 atom stereocenters. The molecule has 0 saturated heterocycles. The number of nitrogens with zero attached hydrogens (tertiary/aromatic N) is 3. The van der Waals surface area contributed by atoms with Crippen LogP contribution in [-0.2, 0) is 14.3 Å². The fraction of sp³-hybridized carbons (Fsp3) is 0.0667. The second kappa shape index (κ2) is 11.6. The van der Waals surface area contributed by atoms with Crippen LogP contribution in [0.2, 0.25) is 0 Å². The van der Waals surface area contributed by atoms with E-state index in [4.69, 9.17) is 15.2 Å². The van der Waals surface area contributed by atoms with Crippen molar-refractivity contribution < 1.29 is 14.3 Å². The van der Waals surface area contributed by atoms with Crippen LogP contribution in [0.15, 0.2) is 76.0 Å². The molecule has 1 rings (SSSR count). The van der Waals surface area contributed by atoms with E-state index < -0.39 is 5.91 Å². The number of ether oxygens (including phenoxy) is 2. The Labute approximate surface area is 128 Å². The van der Waals surface area contributed by atoms with Crippen LogP contribution < -0.4 is 5.73 Å². The molecule has 0 aromatic carbocycles. The maximum atomic E-state index is 11.1. The molecule has 0 aliphatic carbocycles. The molecule has 0 bridgehead atoms. The van der Waals surface area contributed by atoms with Crippen molar-refractivity contribution in [3.05, 3.63) is 61.1 Å². The number of hydrogen-bond acceptors (Lipinski definition) is 6. The number of aliphatic imine (C=N–C) groups is 3. The summed E-state index contributed by atoms with van der Waals surface area (Å²) in [6.07, 6.45) is 18.2. The Morgan fingerprint density at radius 2 is 1.82 bits per heavy atom. The van der Waals surface area contributed by atoms with Crippen LogP contribution in [0.3, 0.4) is 0 Å². The minimum absolute atomic E-state index is 0.00771. The Morgan fingerprint density at radius 1 is 1.05 bits per heavy atom. The largest absolute Gasteiger partial charge is 0.496 e. The third-order valence-corrected chi connectivity index (χ3v) is 1.98. The number of carbonyl (C=O) groups excluding carboxylic acids is 1. The summed E-state index contributed by atoms with van der Waals surface area (Å²) in [7, 11) is 0. The quantitative estimate of drug-likeness (QED) is 0.796. The molecule has 1 aliphatic rings. The first-order chi connectivity index (χ1) is 10.8. The van der Waals surface area contributed by atoms with Crippen molar-refractivity contribution in [2.45, 2.75) is 0 Å². The van der Waals surface area contributed by atoms with Gasteiger partial charge in [0.25, 0.3) is 5.91 Å². The molecule has 0 spiro atoms. The Hall–Kier alpha value is -3.22. The molecule has 2 N–H and O–H groups in total. The molecule has 1 amide bonds. The fourth-order valence-corrected chi connectivity index (χ4v) is 1.06. The number of rotatable bonds is 1. The molecule has 1 heterocycles. The summed E-state index contributed by atoms with van der Waals surface area (Å²) >= 11 is 0. The van der Waals surface area contributed by atoms with Crippen molar-refractivity contribution in [1.82, 2.24) is 0 Å². The van der Waals surface area contributed by atoms with E-state index in [0.717, 1.165) is 0 Å². The van der Waals surface area contributed by atoms with E-state index in [1.165, 1.54) is 49.8 Å². The highest BCUT2D eigenvalue weighted by atomic mass is 16.5. The average molecular weight is 300 g/mol. The summed E-state index contributed by atoms with van der Waals surface area (Å²) in [4.78, 5) is 22.7. The smallest absolute Gasteiger partial charge is 0.268 e. The fourth-order valence-electron chi connectivity index (χ4n) is 1.06. The van der Waals surface area contributed by atoms with Gasteiger partial charge in [-0.05, 0) is 18.2 Å². The second-order valence-corrected chi connectivity index (χ2v) is 3.59. The summed E-state index contributed by atoms with van der Waals surface area (Å²) in [6, 6.07) is 0. The van der Waals surface area contributed by atoms with E-state index in [1.807, 2.05) is 0 Å². The molecule has 1 aliphatic heterocycles. The minimum atomic E-state index is -0.698. The van der Waals surface area contributed by atoms with Gasteiger partial charge in [0.2, 0.25) is 0 Å². The third-order valence-electron chi connectivity index (χ3n) is 1.98. The minimum Gasteiger partial charge on any atom is -0.496 e. The van der Waals surface area contributed by atoms with Crippen molar-refractivity contribution in [3.8, 4) is 0 Å². The molecule has 0 radical (unpaired) electrons. The number of allylic oxidation sites excluding steroid dienone is 5. The van der Waals surface area contributed by atoms with E-state index in [-0.39, 0.29) is 5.70 Å². The van der Waals surface area contributed by atoms with Crippen molar-refractivity contribution in [1.29, 1.82) is 0 Å². The van der Waals surface area contributed by atoms with E-state index in [9.17, 15) is 4.79 Å². The van der Waals surface area contributed by atoms with Gasteiger partial charge < -0.3 is 15.2 Å². The number of nitrogens with two attached hydrogens (primary N) is 1. The predicted octanol–water partition coefficient (Wildman–Crippen LogP) is 1.63. The lowest BCUT2D eigenvalue weighted by atomic mass is 10.4. The Bertz CT molecular complexity index is 582. The van der Waals surface area contributed by atoms with Gasteiger partial charge in [0.1, 0.15) is 18.6 Å². The van der Waals surface area contributed by atoms with Gasteiger partial charge in [-0.1, -0.05) is 12.2 Å².